The largest absolute Gasteiger partial charge is 0.494 e. The summed E-state index contributed by atoms with van der Waals surface area (Å²) >= 11 is 6.09. The van der Waals surface area contributed by atoms with Crippen LogP contribution in [0.1, 0.15) is 24.8 Å². The van der Waals surface area contributed by atoms with Crippen LogP contribution in [0.25, 0.3) is 10.9 Å². The predicted octanol–water partition coefficient (Wildman–Crippen LogP) is 4.21. The molecule has 0 saturated carbocycles. The van der Waals surface area contributed by atoms with Crippen molar-refractivity contribution in [2.24, 2.45) is 0 Å². The highest BCUT2D eigenvalue weighted by atomic mass is 35.5. The number of aromatic nitrogens is 1. The molecule has 1 aromatic heterocycles. The highest BCUT2D eigenvalue weighted by molar-refractivity contribution is 7.89. The Balaban J connectivity index is 1.22. The fourth-order valence-corrected chi connectivity index (χ4v) is 4.97. The zero-order chi connectivity index (χ0) is 21.7. The number of nitrogens with one attached hydrogen (secondary N) is 2. The summed E-state index contributed by atoms with van der Waals surface area (Å²) in [5.41, 5.74) is 2.16. The van der Waals surface area contributed by atoms with Gasteiger partial charge in [-0.25, -0.2) is 13.1 Å². The Labute approximate surface area is 188 Å². The summed E-state index contributed by atoms with van der Waals surface area (Å²) in [6.07, 6.45) is 5.68. The van der Waals surface area contributed by atoms with Gasteiger partial charge in [-0.1, -0.05) is 11.6 Å². The van der Waals surface area contributed by atoms with Crippen LogP contribution in [0.4, 0.5) is 0 Å². The van der Waals surface area contributed by atoms with Crippen molar-refractivity contribution in [1.29, 1.82) is 0 Å². The van der Waals surface area contributed by atoms with Crippen molar-refractivity contribution in [3.63, 3.8) is 0 Å². The number of halogens is 1. The second kappa shape index (κ2) is 10.0. The van der Waals surface area contributed by atoms with Crippen LogP contribution < -0.4 is 9.46 Å². The summed E-state index contributed by atoms with van der Waals surface area (Å²) in [6, 6.07) is 12.3. The van der Waals surface area contributed by atoms with Crippen molar-refractivity contribution in [2.45, 2.75) is 30.6 Å². The normalized spacial score (nSPS) is 14.6. The van der Waals surface area contributed by atoms with Gasteiger partial charge in [0, 0.05) is 35.2 Å². The quantitative estimate of drug-likeness (QED) is 0.419. The number of fused-ring (bicyclic) bond motifs is 1. The van der Waals surface area contributed by atoms with Crippen LogP contribution in [0.3, 0.4) is 0 Å². The van der Waals surface area contributed by atoms with Crippen molar-refractivity contribution in [3.8, 4) is 5.75 Å². The van der Waals surface area contributed by atoms with Crippen molar-refractivity contribution in [1.82, 2.24) is 14.6 Å². The van der Waals surface area contributed by atoms with Gasteiger partial charge in [0.15, 0.2) is 0 Å². The Hall–Kier alpha value is -2.06. The molecule has 0 spiro atoms. The van der Waals surface area contributed by atoms with E-state index in [9.17, 15) is 8.42 Å². The highest BCUT2D eigenvalue weighted by Crippen LogP contribution is 2.23. The van der Waals surface area contributed by atoms with Gasteiger partial charge >= 0.3 is 0 Å². The Morgan fingerprint density at radius 3 is 2.65 bits per heavy atom. The van der Waals surface area contributed by atoms with Gasteiger partial charge in [-0.05, 0) is 86.8 Å². The molecule has 0 radical (unpaired) electrons. The molecule has 0 amide bonds. The first-order valence-electron chi connectivity index (χ1n) is 10.7. The first-order chi connectivity index (χ1) is 15.0. The van der Waals surface area contributed by atoms with Crippen LogP contribution in [-0.2, 0) is 16.4 Å². The molecule has 1 aliphatic heterocycles. The first-order valence-corrected chi connectivity index (χ1v) is 12.6. The molecule has 4 rings (SSSR count). The first kappa shape index (κ1) is 22.1. The zero-order valence-electron chi connectivity index (χ0n) is 17.4. The minimum atomic E-state index is -3.54. The van der Waals surface area contributed by atoms with Crippen LogP contribution in [0.2, 0.25) is 5.02 Å². The maximum Gasteiger partial charge on any atom is 0.240 e. The predicted molar refractivity (Wildman–Crippen MR) is 124 cm³/mol. The number of hydrogen-bond acceptors (Lipinski definition) is 4. The van der Waals surface area contributed by atoms with Gasteiger partial charge in [0.05, 0.1) is 11.5 Å². The third-order valence-electron chi connectivity index (χ3n) is 5.61. The van der Waals surface area contributed by atoms with Crippen molar-refractivity contribution in [2.75, 3.05) is 32.8 Å². The van der Waals surface area contributed by atoms with Gasteiger partial charge in [0.25, 0.3) is 0 Å². The number of likely N-dealkylation sites (tertiary alicyclic amines) is 1. The van der Waals surface area contributed by atoms with Crippen molar-refractivity contribution < 1.29 is 13.2 Å². The number of nitrogens with zero attached hydrogens (tertiary/aromatic N) is 1. The molecule has 1 saturated heterocycles. The van der Waals surface area contributed by atoms with Crippen LogP contribution in [0, 0.1) is 0 Å². The summed E-state index contributed by atoms with van der Waals surface area (Å²) in [4.78, 5) is 5.87. The van der Waals surface area contributed by atoms with E-state index in [1.54, 1.807) is 24.3 Å². The Kier molecular flexibility index (Phi) is 7.17. The van der Waals surface area contributed by atoms with E-state index in [0.29, 0.717) is 30.3 Å². The van der Waals surface area contributed by atoms with E-state index in [2.05, 4.69) is 14.6 Å². The number of sulfonamides is 1. The molecule has 2 aromatic carbocycles. The molecular formula is C23H28ClN3O3S. The topological polar surface area (TPSA) is 74.4 Å². The minimum absolute atomic E-state index is 0.249. The molecule has 166 valence electrons. The molecule has 0 aliphatic carbocycles. The van der Waals surface area contributed by atoms with Gasteiger partial charge in [0.2, 0.25) is 10.0 Å². The molecule has 31 heavy (non-hydrogen) atoms. The zero-order valence-corrected chi connectivity index (χ0v) is 19.0. The molecule has 3 aromatic rings. The van der Waals surface area contributed by atoms with Crippen molar-refractivity contribution >= 4 is 32.5 Å². The SMILES string of the molecule is O=S(=O)(NCCCc1c[nH]c2ccc(Cl)cc12)c1ccc(OCCCN2CCC2)cc1. The summed E-state index contributed by atoms with van der Waals surface area (Å²) in [6.45, 7) is 4.44. The molecule has 1 aliphatic rings. The van der Waals surface area contributed by atoms with Crippen LogP contribution >= 0.6 is 11.6 Å². The molecule has 0 atom stereocenters. The second-order valence-corrected chi connectivity index (χ2v) is 10.1. The summed E-state index contributed by atoms with van der Waals surface area (Å²) in [5, 5.41) is 1.77. The molecule has 2 heterocycles. The lowest BCUT2D eigenvalue weighted by molar-refractivity contribution is 0.165. The average molecular weight is 462 g/mol. The van der Waals surface area contributed by atoms with Gasteiger partial charge in [0.1, 0.15) is 5.75 Å². The molecular weight excluding hydrogens is 434 g/mol. The smallest absolute Gasteiger partial charge is 0.240 e. The number of aryl methyl sites for hydroxylation is 1. The molecule has 2 N–H and O–H groups in total. The van der Waals surface area contributed by atoms with Gasteiger partial charge in [-0.2, -0.15) is 0 Å². The summed E-state index contributed by atoms with van der Waals surface area (Å²) in [5.74, 6) is 0.695. The number of hydrogen-bond donors (Lipinski definition) is 2. The fourth-order valence-electron chi connectivity index (χ4n) is 3.72. The summed E-state index contributed by atoms with van der Waals surface area (Å²) in [7, 11) is -3.54. The number of rotatable bonds is 11. The number of H-pyrrole nitrogens is 1. The van der Waals surface area contributed by atoms with E-state index in [1.165, 1.54) is 19.5 Å². The van der Waals surface area contributed by atoms with E-state index in [-0.39, 0.29) is 4.90 Å². The summed E-state index contributed by atoms with van der Waals surface area (Å²) < 4.78 is 33.5. The lowest BCUT2D eigenvalue weighted by Crippen LogP contribution is -2.38. The van der Waals surface area contributed by atoms with Gasteiger partial charge in [-0.3, -0.25) is 0 Å². The van der Waals surface area contributed by atoms with Crippen LogP contribution in [0.15, 0.2) is 53.6 Å². The molecule has 0 bridgehead atoms. The van der Waals surface area contributed by atoms with Crippen molar-refractivity contribution in [3.05, 3.63) is 59.2 Å². The lowest BCUT2D eigenvalue weighted by atomic mass is 10.1. The van der Waals surface area contributed by atoms with Crippen LogP contribution in [-0.4, -0.2) is 51.1 Å². The molecule has 0 unspecified atom stereocenters. The monoisotopic (exact) mass is 461 g/mol. The second-order valence-electron chi connectivity index (χ2n) is 7.87. The number of benzene rings is 2. The van der Waals surface area contributed by atoms with E-state index in [4.69, 9.17) is 16.3 Å². The number of aromatic amines is 1. The Morgan fingerprint density at radius 1 is 1.10 bits per heavy atom. The van der Waals surface area contributed by atoms with Crippen LogP contribution in [0.5, 0.6) is 5.75 Å². The molecule has 6 nitrogen and oxygen atoms in total. The Morgan fingerprint density at radius 2 is 1.90 bits per heavy atom. The average Bonchev–Trinajstić information content (AvgIpc) is 3.12. The maximum atomic E-state index is 12.6. The lowest BCUT2D eigenvalue weighted by Gasteiger charge is -2.30. The third-order valence-corrected chi connectivity index (χ3v) is 7.33. The number of ether oxygens (including phenoxy) is 1. The molecule has 8 heteroatoms. The van der Waals surface area contributed by atoms with Gasteiger partial charge < -0.3 is 14.6 Å². The molecule has 1 fully saturated rings. The standard InChI is InChI=1S/C23H28ClN3O3S/c24-19-5-10-23-22(16-19)18(17-25-23)4-1-11-26-31(28,29)21-8-6-20(7-9-21)30-15-3-14-27-12-2-13-27/h5-10,16-17,25-26H,1-4,11-15H2. The van der Waals surface area contributed by atoms with E-state index >= 15 is 0 Å². The minimum Gasteiger partial charge on any atom is -0.494 e. The van der Waals surface area contributed by atoms with E-state index in [1.807, 2.05) is 24.4 Å². The maximum absolute atomic E-state index is 12.6. The van der Waals surface area contributed by atoms with E-state index < -0.39 is 10.0 Å². The Bertz CT molecular complexity index is 1110. The third kappa shape index (κ3) is 5.80. The van der Waals surface area contributed by atoms with E-state index in [0.717, 1.165) is 35.9 Å². The fraction of sp³-hybridized carbons (Fsp3) is 0.391. The van der Waals surface area contributed by atoms with Gasteiger partial charge in [-0.15, -0.1) is 0 Å². The highest BCUT2D eigenvalue weighted by Gasteiger charge is 2.14.